The average Bonchev–Trinajstić information content (AvgIpc) is 2.98. The highest BCUT2D eigenvalue weighted by molar-refractivity contribution is 7.90. The molecular weight excluding hydrogens is 385 g/mol. The quantitative estimate of drug-likeness (QED) is 0.711. The maximum Gasteiger partial charge on any atom is 0.335 e. The van der Waals surface area contributed by atoms with E-state index in [-0.39, 0.29) is 17.6 Å². The van der Waals surface area contributed by atoms with Crippen LogP contribution in [0.1, 0.15) is 37.8 Å². The van der Waals surface area contributed by atoms with E-state index in [1.165, 1.54) is 24.3 Å². The molecule has 0 aliphatic carbocycles. The Hall–Kier alpha value is -1.85. The molecule has 0 saturated heterocycles. The first-order chi connectivity index (χ1) is 12.0. The Bertz CT molecular complexity index is 953. The smallest absolute Gasteiger partial charge is 0.335 e. The highest BCUT2D eigenvalue weighted by atomic mass is 32.2. The molecule has 1 aromatic carbocycles. The lowest BCUT2D eigenvalue weighted by Gasteiger charge is -2.17. The maximum atomic E-state index is 13.0. The molecule has 0 saturated carbocycles. The van der Waals surface area contributed by atoms with Crippen LogP contribution >= 0.6 is 0 Å². The van der Waals surface area contributed by atoms with Crippen molar-refractivity contribution >= 4 is 19.9 Å². The summed E-state index contributed by atoms with van der Waals surface area (Å²) >= 11 is 0. The van der Waals surface area contributed by atoms with Crippen LogP contribution in [0.15, 0.2) is 33.9 Å². The van der Waals surface area contributed by atoms with Crippen molar-refractivity contribution < 1.29 is 25.6 Å². The van der Waals surface area contributed by atoms with Gasteiger partial charge in [-0.05, 0) is 30.0 Å². The molecule has 1 aromatic heterocycles. The number of nitrogens with zero attached hydrogens (tertiary/aromatic N) is 2. The van der Waals surface area contributed by atoms with E-state index in [1.54, 1.807) is 0 Å². The van der Waals surface area contributed by atoms with E-state index in [2.05, 4.69) is 14.9 Å². The zero-order valence-corrected chi connectivity index (χ0v) is 16.1. The van der Waals surface area contributed by atoms with Crippen molar-refractivity contribution in [1.82, 2.24) is 14.9 Å². The Labute approximate surface area is 151 Å². The first kappa shape index (κ1) is 20.5. The molecule has 1 heterocycles. The van der Waals surface area contributed by atoms with Gasteiger partial charge in [-0.25, -0.2) is 25.9 Å². The topological polar surface area (TPSA) is 119 Å². The highest BCUT2D eigenvalue weighted by Crippen LogP contribution is 2.23. The van der Waals surface area contributed by atoms with Gasteiger partial charge in [0.1, 0.15) is 11.9 Å². The second kappa shape index (κ2) is 7.80. The standard InChI is InChI=1S/C15H20FN3O5S2/c1-10(2)8-13(14-17-18-15(24-14)25(3,20)21)19-26(22,23)9-11-4-6-12(16)7-5-11/h4-7,10,13,19H,8-9H2,1-3H3/t13-/m0/s1. The Kier molecular flexibility index (Phi) is 6.14. The normalized spacial score (nSPS) is 13.9. The number of nitrogens with one attached hydrogen (secondary N) is 1. The zero-order chi connectivity index (χ0) is 19.5. The number of halogens is 1. The van der Waals surface area contributed by atoms with Crippen LogP contribution in [-0.4, -0.2) is 33.3 Å². The highest BCUT2D eigenvalue weighted by Gasteiger charge is 2.27. The molecule has 2 aromatic rings. The summed E-state index contributed by atoms with van der Waals surface area (Å²) in [5, 5.41) is 6.55. The third kappa shape index (κ3) is 5.85. The maximum absolute atomic E-state index is 13.0. The molecule has 0 radical (unpaired) electrons. The van der Waals surface area contributed by atoms with Gasteiger partial charge in [-0.1, -0.05) is 31.1 Å². The summed E-state index contributed by atoms with van der Waals surface area (Å²) in [6.07, 6.45) is 1.24. The van der Waals surface area contributed by atoms with Crippen molar-refractivity contribution in [2.75, 3.05) is 6.26 Å². The molecule has 144 valence electrons. The largest absolute Gasteiger partial charge is 0.411 e. The number of aromatic nitrogens is 2. The summed E-state index contributed by atoms with van der Waals surface area (Å²) in [6, 6.07) is 4.23. The van der Waals surface area contributed by atoms with Crippen LogP contribution in [0, 0.1) is 11.7 Å². The van der Waals surface area contributed by atoms with Crippen LogP contribution in [0.3, 0.4) is 0 Å². The minimum atomic E-state index is -3.82. The summed E-state index contributed by atoms with van der Waals surface area (Å²) in [5.41, 5.74) is 0.407. The van der Waals surface area contributed by atoms with E-state index in [0.717, 1.165) is 6.26 Å². The fraction of sp³-hybridized carbons (Fsp3) is 0.467. The zero-order valence-electron chi connectivity index (χ0n) is 14.5. The Morgan fingerprint density at radius 3 is 2.23 bits per heavy atom. The van der Waals surface area contributed by atoms with Gasteiger partial charge in [-0.3, -0.25) is 0 Å². The van der Waals surface area contributed by atoms with Crippen LogP contribution in [0.2, 0.25) is 0 Å². The molecule has 0 fully saturated rings. The van der Waals surface area contributed by atoms with E-state index < -0.39 is 36.9 Å². The third-order valence-corrected chi connectivity index (χ3v) is 5.49. The number of rotatable bonds is 8. The Morgan fingerprint density at radius 2 is 1.73 bits per heavy atom. The fourth-order valence-electron chi connectivity index (χ4n) is 2.24. The number of sulfonamides is 1. The van der Waals surface area contributed by atoms with E-state index in [0.29, 0.717) is 12.0 Å². The van der Waals surface area contributed by atoms with E-state index >= 15 is 0 Å². The summed E-state index contributed by atoms with van der Waals surface area (Å²) in [7, 11) is -7.51. The van der Waals surface area contributed by atoms with Crippen molar-refractivity contribution in [3.05, 3.63) is 41.5 Å². The number of benzene rings is 1. The van der Waals surface area contributed by atoms with Gasteiger partial charge < -0.3 is 4.42 Å². The van der Waals surface area contributed by atoms with Crippen LogP contribution in [0.4, 0.5) is 4.39 Å². The predicted molar refractivity (Wildman–Crippen MR) is 91.8 cm³/mol. The number of sulfone groups is 1. The lowest BCUT2D eigenvalue weighted by atomic mass is 10.0. The van der Waals surface area contributed by atoms with Gasteiger partial charge in [0.05, 0.1) is 5.75 Å². The van der Waals surface area contributed by atoms with Gasteiger partial charge in [-0.2, -0.15) is 0 Å². The molecule has 1 atom stereocenters. The van der Waals surface area contributed by atoms with Crippen molar-refractivity contribution in [2.24, 2.45) is 5.92 Å². The third-order valence-electron chi connectivity index (χ3n) is 3.34. The fourth-order valence-corrected chi connectivity index (χ4v) is 4.01. The minimum Gasteiger partial charge on any atom is -0.411 e. The molecule has 11 heteroatoms. The Balaban J connectivity index is 2.23. The second-order valence-electron chi connectivity index (χ2n) is 6.36. The van der Waals surface area contributed by atoms with Gasteiger partial charge in [-0.15, -0.1) is 5.10 Å². The van der Waals surface area contributed by atoms with Gasteiger partial charge in [0.15, 0.2) is 0 Å². The molecule has 0 unspecified atom stereocenters. The van der Waals surface area contributed by atoms with Gasteiger partial charge in [0.25, 0.3) is 0 Å². The minimum absolute atomic E-state index is 0.0714. The van der Waals surface area contributed by atoms with E-state index in [4.69, 9.17) is 4.42 Å². The number of hydrogen-bond donors (Lipinski definition) is 1. The first-order valence-corrected chi connectivity index (χ1v) is 11.3. The van der Waals surface area contributed by atoms with Gasteiger partial charge >= 0.3 is 5.22 Å². The van der Waals surface area contributed by atoms with Crippen LogP contribution in [-0.2, 0) is 25.6 Å². The summed E-state index contributed by atoms with van der Waals surface area (Å²) < 4.78 is 68.4. The van der Waals surface area contributed by atoms with Crippen LogP contribution < -0.4 is 4.72 Å². The molecule has 0 bridgehead atoms. The average molecular weight is 405 g/mol. The monoisotopic (exact) mass is 405 g/mol. The van der Waals surface area contributed by atoms with Crippen molar-refractivity contribution in [3.8, 4) is 0 Å². The lowest BCUT2D eigenvalue weighted by Crippen LogP contribution is -2.31. The predicted octanol–water partition coefficient (Wildman–Crippen LogP) is 1.82. The number of hydrogen-bond acceptors (Lipinski definition) is 7. The Morgan fingerprint density at radius 1 is 1.12 bits per heavy atom. The molecule has 2 rings (SSSR count). The first-order valence-electron chi connectivity index (χ1n) is 7.74. The summed E-state index contributed by atoms with van der Waals surface area (Å²) in [4.78, 5) is 0. The molecule has 26 heavy (non-hydrogen) atoms. The van der Waals surface area contributed by atoms with Gasteiger partial charge in [0.2, 0.25) is 25.8 Å². The molecule has 0 spiro atoms. The molecule has 8 nitrogen and oxygen atoms in total. The lowest BCUT2D eigenvalue weighted by molar-refractivity contribution is 0.340. The van der Waals surface area contributed by atoms with Crippen molar-refractivity contribution in [2.45, 2.75) is 37.3 Å². The van der Waals surface area contributed by atoms with Gasteiger partial charge in [0, 0.05) is 6.26 Å². The summed E-state index contributed by atoms with van der Waals surface area (Å²) in [5.74, 6) is -0.880. The molecule has 0 aliphatic rings. The molecular formula is C15H20FN3O5S2. The van der Waals surface area contributed by atoms with Crippen LogP contribution in [0.5, 0.6) is 0 Å². The molecule has 1 N–H and O–H groups in total. The van der Waals surface area contributed by atoms with E-state index in [1.807, 2.05) is 13.8 Å². The SMILES string of the molecule is CC(C)C[C@H](NS(=O)(=O)Cc1ccc(F)cc1)c1nnc(S(C)(=O)=O)o1. The molecule has 0 amide bonds. The molecule has 0 aliphatic heterocycles. The van der Waals surface area contributed by atoms with Crippen molar-refractivity contribution in [3.63, 3.8) is 0 Å². The summed E-state index contributed by atoms with van der Waals surface area (Å²) in [6.45, 7) is 3.74. The second-order valence-corrected chi connectivity index (χ2v) is 10.0. The van der Waals surface area contributed by atoms with Crippen LogP contribution in [0.25, 0.3) is 0 Å². The van der Waals surface area contributed by atoms with Crippen molar-refractivity contribution in [1.29, 1.82) is 0 Å². The van der Waals surface area contributed by atoms with E-state index in [9.17, 15) is 21.2 Å².